The van der Waals surface area contributed by atoms with E-state index in [0.29, 0.717) is 0 Å². The molecule has 0 unspecified atom stereocenters. The number of allylic oxidation sites excluding steroid dienone is 4. The number of carboxylic acid groups (broad SMARTS) is 1. The molecule has 0 aromatic carbocycles. The lowest BCUT2D eigenvalue weighted by molar-refractivity contribution is -0.134. The van der Waals surface area contributed by atoms with Crippen molar-refractivity contribution in [1.82, 2.24) is 9.44 Å². The Kier molecular flexibility index (Phi) is 10.7. The number of hydrogen-bond donors (Lipinski definition) is 4. The van der Waals surface area contributed by atoms with Crippen LogP contribution in [0.5, 0.6) is 0 Å². The first kappa shape index (κ1) is 18.6. The van der Waals surface area contributed by atoms with Crippen LogP contribution in [0.4, 0.5) is 0 Å². The lowest BCUT2D eigenvalue weighted by Crippen LogP contribution is -2.13. The molecule has 20 heavy (non-hydrogen) atoms. The number of carbonyl (C=O) groups is 1. The normalized spacial score (nSPS) is 14.8. The molecule has 0 radical (unpaired) electrons. The van der Waals surface area contributed by atoms with Gasteiger partial charge >= 0.3 is 5.97 Å². The van der Waals surface area contributed by atoms with Crippen LogP contribution >= 0.6 is 23.9 Å². The Morgan fingerprint density at radius 3 is 1.50 bits per heavy atom. The summed E-state index contributed by atoms with van der Waals surface area (Å²) < 4.78 is 32.9. The van der Waals surface area contributed by atoms with Gasteiger partial charge in [0.05, 0.1) is 0 Å². The van der Waals surface area contributed by atoms with Crippen LogP contribution in [-0.2, 0) is 14.9 Å². The van der Waals surface area contributed by atoms with Crippen LogP contribution in [0.15, 0.2) is 47.5 Å². The first-order chi connectivity index (χ1) is 9.42. The van der Waals surface area contributed by atoms with Crippen LogP contribution in [0.25, 0.3) is 0 Å². The van der Waals surface area contributed by atoms with Gasteiger partial charge in [0.25, 0.3) is 10.1 Å². The SMILES string of the molecule is C1=CNSC=C1.C1=CNSC=C1.O=C(O)CS(=O)(=O)O. The summed E-state index contributed by atoms with van der Waals surface area (Å²) in [4.78, 5) is 9.48. The monoisotopic (exact) mass is 338 g/mol. The molecule has 2 rings (SSSR count). The zero-order valence-corrected chi connectivity index (χ0v) is 12.6. The molecule has 0 saturated heterocycles. The van der Waals surface area contributed by atoms with Gasteiger partial charge in [0.15, 0.2) is 5.75 Å². The largest absolute Gasteiger partial charge is 0.480 e. The second kappa shape index (κ2) is 11.5. The van der Waals surface area contributed by atoms with Crippen LogP contribution in [-0.4, -0.2) is 29.8 Å². The van der Waals surface area contributed by atoms with Gasteiger partial charge in [-0.3, -0.25) is 9.35 Å². The van der Waals surface area contributed by atoms with E-state index < -0.39 is 21.8 Å². The third kappa shape index (κ3) is 16.6. The lowest BCUT2D eigenvalue weighted by Gasteiger charge is -1.93. The standard InChI is InChI=1S/2C4H5NS.C2H4O5S/c2*1-2-4-6-5-3-1;3-2(4)1-8(5,6)7/h2*1-5H;1H2,(H,3,4)(H,5,6,7). The summed E-state index contributed by atoms with van der Waals surface area (Å²) in [5.41, 5.74) is 0. The number of aliphatic carboxylic acids is 1. The quantitative estimate of drug-likeness (QED) is 0.439. The number of nitrogens with one attached hydrogen (secondary N) is 2. The molecule has 0 fully saturated rings. The van der Waals surface area contributed by atoms with Gasteiger partial charge in [-0.15, -0.1) is 0 Å². The molecule has 10 heteroatoms. The first-order valence-corrected chi connectivity index (χ1v) is 8.41. The van der Waals surface area contributed by atoms with Crippen LogP contribution in [0, 0.1) is 0 Å². The third-order valence-corrected chi connectivity index (χ3v) is 3.03. The van der Waals surface area contributed by atoms with Gasteiger partial charge in [-0.1, -0.05) is 12.2 Å². The maximum Gasteiger partial charge on any atom is 0.321 e. The topological polar surface area (TPSA) is 116 Å². The molecule has 0 aliphatic carbocycles. The summed E-state index contributed by atoms with van der Waals surface area (Å²) >= 11 is 3.16. The Balaban J connectivity index is 0.000000274. The van der Waals surface area contributed by atoms with Gasteiger partial charge < -0.3 is 14.6 Å². The van der Waals surface area contributed by atoms with Gasteiger partial charge in [0, 0.05) is 12.4 Å². The molecular weight excluding hydrogens is 324 g/mol. The van der Waals surface area contributed by atoms with E-state index in [4.69, 9.17) is 9.66 Å². The zero-order chi connectivity index (χ0) is 15.3. The van der Waals surface area contributed by atoms with Crippen molar-refractivity contribution in [3.8, 4) is 0 Å². The summed E-state index contributed by atoms with van der Waals surface area (Å²) in [6.45, 7) is 0. The molecule has 2 heterocycles. The Morgan fingerprint density at radius 2 is 1.45 bits per heavy atom. The van der Waals surface area contributed by atoms with E-state index in [1.807, 2.05) is 47.5 Å². The number of hydrogen-bond acceptors (Lipinski definition) is 7. The Morgan fingerprint density at radius 1 is 1.00 bits per heavy atom. The fourth-order valence-corrected chi connectivity index (χ4v) is 1.79. The van der Waals surface area contributed by atoms with Crippen LogP contribution in [0.2, 0.25) is 0 Å². The number of rotatable bonds is 2. The molecule has 2 aliphatic rings. The van der Waals surface area contributed by atoms with E-state index in [1.165, 1.54) is 0 Å². The van der Waals surface area contributed by atoms with E-state index in [-0.39, 0.29) is 0 Å². The highest BCUT2D eigenvalue weighted by Crippen LogP contribution is 1.99. The van der Waals surface area contributed by atoms with Crippen LogP contribution < -0.4 is 9.44 Å². The zero-order valence-electron chi connectivity index (χ0n) is 10.2. The fraction of sp³-hybridized carbons (Fsp3) is 0.100. The predicted octanol–water partition coefficient (Wildman–Crippen LogP) is 1.49. The molecule has 0 atom stereocenters. The molecule has 2 aliphatic heterocycles. The third-order valence-electron chi connectivity index (χ3n) is 1.29. The minimum absolute atomic E-state index is 1.23. The van der Waals surface area contributed by atoms with E-state index in [9.17, 15) is 13.2 Å². The fourth-order valence-electron chi connectivity index (χ4n) is 0.672. The average Bonchev–Trinajstić information content (AvgIpc) is 2.41. The minimum Gasteiger partial charge on any atom is -0.480 e. The number of carboxylic acids is 1. The summed E-state index contributed by atoms with van der Waals surface area (Å²) in [5.74, 6) is -2.79. The summed E-state index contributed by atoms with van der Waals surface area (Å²) in [7, 11) is -4.32. The molecule has 0 bridgehead atoms. The lowest BCUT2D eigenvalue weighted by atomic mass is 10.6. The molecule has 7 nitrogen and oxygen atoms in total. The van der Waals surface area contributed by atoms with Gasteiger partial charge in [-0.05, 0) is 46.9 Å². The highest BCUT2D eigenvalue weighted by molar-refractivity contribution is 8.00. The van der Waals surface area contributed by atoms with Gasteiger partial charge in [0.2, 0.25) is 0 Å². The van der Waals surface area contributed by atoms with Crippen LogP contribution in [0.1, 0.15) is 0 Å². The smallest absolute Gasteiger partial charge is 0.321 e. The van der Waals surface area contributed by atoms with E-state index in [2.05, 4.69) is 9.44 Å². The molecule has 0 aromatic heterocycles. The van der Waals surface area contributed by atoms with Gasteiger partial charge in [-0.25, -0.2) is 0 Å². The van der Waals surface area contributed by atoms with Crippen molar-refractivity contribution in [2.45, 2.75) is 0 Å². The van der Waals surface area contributed by atoms with Crippen molar-refractivity contribution in [2.24, 2.45) is 0 Å². The second-order valence-corrected chi connectivity index (χ2v) is 5.91. The molecule has 0 saturated carbocycles. The Labute approximate surface area is 125 Å². The van der Waals surface area contributed by atoms with Crippen molar-refractivity contribution in [1.29, 1.82) is 0 Å². The second-order valence-electron chi connectivity index (χ2n) is 2.97. The van der Waals surface area contributed by atoms with Gasteiger partial charge in [0.1, 0.15) is 0 Å². The summed E-state index contributed by atoms with van der Waals surface area (Å²) in [5, 5.41) is 11.7. The van der Waals surface area contributed by atoms with Crippen molar-refractivity contribution in [2.75, 3.05) is 5.75 Å². The summed E-state index contributed by atoms with van der Waals surface area (Å²) in [6.07, 6.45) is 11.7. The molecule has 0 spiro atoms. The average molecular weight is 338 g/mol. The van der Waals surface area contributed by atoms with E-state index in [1.54, 1.807) is 23.9 Å². The molecule has 0 amide bonds. The van der Waals surface area contributed by atoms with Gasteiger partial charge in [-0.2, -0.15) is 8.42 Å². The van der Waals surface area contributed by atoms with Crippen molar-refractivity contribution >= 4 is 40.0 Å². The molecular formula is C10H14N2O5S3. The Bertz CT molecular complexity index is 449. The van der Waals surface area contributed by atoms with Crippen molar-refractivity contribution < 1.29 is 22.9 Å². The first-order valence-electron chi connectivity index (χ1n) is 5.04. The van der Waals surface area contributed by atoms with E-state index in [0.717, 1.165) is 0 Å². The minimum atomic E-state index is -4.32. The highest BCUT2D eigenvalue weighted by Gasteiger charge is 2.09. The Hall–Kier alpha value is -1.36. The maximum atomic E-state index is 9.62. The molecule has 4 N–H and O–H groups in total. The maximum absolute atomic E-state index is 9.62. The highest BCUT2D eigenvalue weighted by atomic mass is 32.2. The van der Waals surface area contributed by atoms with E-state index >= 15 is 0 Å². The van der Waals surface area contributed by atoms with Crippen molar-refractivity contribution in [3.63, 3.8) is 0 Å². The molecule has 112 valence electrons. The van der Waals surface area contributed by atoms with Crippen molar-refractivity contribution in [3.05, 3.63) is 47.5 Å². The summed E-state index contributed by atoms with van der Waals surface area (Å²) in [6, 6.07) is 0. The predicted molar refractivity (Wildman–Crippen MR) is 82.1 cm³/mol. The van der Waals surface area contributed by atoms with Crippen LogP contribution in [0.3, 0.4) is 0 Å². The molecule has 0 aromatic rings.